The molecule has 0 spiro atoms. The predicted octanol–water partition coefficient (Wildman–Crippen LogP) is 21.6. The van der Waals surface area contributed by atoms with Crippen LogP contribution in [0.5, 0.6) is 0 Å². The number of nitrogens with zero attached hydrogens (tertiary/aromatic N) is 2. The maximum atomic E-state index is 6.28. The monoisotopic (exact) mass is 1010 g/mol. The van der Waals surface area contributed by atoms with E-state index in [-0.39, 0.29) is 0 Å². The minimum atomic E-state index is 0.885. The van der Waals surface area contributed by atoms with Crippen LogP contribution in [0.15, 0.2) is 264 Å². The SMILES string of the molecule is c1ccc(-c2ccc(N(c3ccc4c(c3)sc3cc5cc6sc7cc(N(c8ccc(-c9ccccc9)cc8)c8ccc9oc%10ccccc%10c9c8)ccc7c6cc5cc34)c3ccc4oc5ccccc5c4c3)cc2)cc1. The molecule has 0 saturated heterocycles. The van der Waals surface area contributed by atoms with E-state index in [1.54, 1.807) is 0 Å². The third-order valence-electron chi connectivity index (χ3n) is 15.2. The van der Waals surface area contributed by atoms with Gasteiger partial charge in [-0.25, -0.2) is 0 Å². The van der Waals surface area contributed by atoms with Gasteiger partial charge in [0.2, 0.25) is 0 Å². The first kappa shape index (κ1) is 43.0. The summed E-state index contributed by atoms with van der Waals surface area (Å²) >= 11 is 3.73. The molecule has 4 heterocycles. The van der Waals surface area contributed by atoms with Gasteiger partial charge in [0.1, 0.15) is 22.3 Å². The molecule has 0 atom stereocenters. The van der Waals surface area contributed by atoms with Crippen molar-refractivity contribution in [3.63, 3.8) is 0 Å². The van der Waals surface area contributed by atoms with E-state index in [1.165, 1.54) is 73.4 Å². The molecule has 356 valence electrons. The van der Waals surface area contributed by atoms with Gasteiger partial charge in [0.25, 0.3) is 0 Å². The van der Waals surface area contributed by atoms with Crippen molar-refractivity contribution in [1.82, 2.24) is 0 Å². The number of hydrogen-bond donors (Lipinski definition) is 0. The predicted molar refractivity (Wildman–Crippen MR) is 325 cm³/mol. The van der Waals surface area contributed by atoms with Crippen molar-refractivity contribution in [2.75, 3.05) is 9.80 Å². The Hall–Kier alpha value is -9.46. The van der Waals surface area contributed by atoms with Gasteiger partial charge in [-0.05, 0) is 154 Å². The van der Waals surface area contributed by atoms with Crippen LogP contribution in [-0.2, 0) is 0 Å². The molecule has 0 saturated carbocycles. The highest BCUT2D eigenvalue weighted by Gasteiger charge is 2.21. The van der Waals surface area contributed by atoms with E-state index < -0.39 is 0 Å². The molecular weight excluding hydrogens is 965 g/mol. The van der Waals surface area contributed by atoms with Crippen molar-refractivity contribution >= 4 is 152 Å². The number of thiophene rings is 2. The molecule has 4 nitrogen and oxygen atoms in total. The molecule has 0 amide bonds. The largest absolute Gasteiger partial charge is 0.456 e. The van der Waals surface area contributed by atoms with E-state index in [4.69, 9.17) is 8.83 Å². The van der Waals surface area contributed by atoms with Crippen LogP contribution in [0.25, 0.3) is 117 Å². The summed E-state index contributed by atoms with van der Waals surface area (Å²) in [6.07, 6.45) is 0. The summed E-state index contributed by atoms with van der Waals surface area (Å²) in [4.78, 5) is 4.75. The molecule has 0 aliphatic carbocycles. The fourth-order valence-electron chi connectivity index (χ4n) is 11.5. The quantitative estimate of drug-likeness (QED) is 0.152. The van der Waals surface area contributed by atoms with Crippen LogP contribution in [0.1, 0.15) is 0 Å². The van der Waals surface area contributed by atoms with Crippen molar-refractivity contribution in [1.29, 1.82) is 0 Å². The van der Waals surface area contributed by atoms with Crippen LogP contribution in [0.3, 0.4) is 0 Å². The lowest BCUT2D eigenvalue weighted by molar-refractivity contribution is 0.668. The van der Waals surface area contributed by atoms with Crippen LogP contribution in [-0.4, -0.2) is 0 Å². The molecule has 76 heavy (non-hydrogen) atoms. The zero-order valence-corrected chi connectivity index (χ0v) is 42.4. The highest BCUT2D eigenvalue weighted by atomic mass is 32.1. The summed E-state index contributed by atoms with van der Waals surface area (Å²) < 4.78 is 17.6. The Morgan fingerprint density at radius 1 is 0.224 bits per heavy atom. The van der Waals surface area contributed by atoms with E-state index in [2.05, 4.69) is 240 Å². The Balaban J connectivity index is 0.789. The summed E-state index contributed by atoms with van der Waals surface area (Å²) in [5, 5.41) is 12.0. The number of benzene rings is 12. The van der Waals surface area contributed by atoms with Crippen molar-refractivity contribution in [2.45, 2.75) is 0 Å². The topological polar surface area (TPSA) is 32.8 Å². The third-order valence-corrected chi connectivity index (χ3v) is 17.4. The van der Waals surface area contributed by atoms with Gasteiger partial charge in [-0.2, -0.15) is 0 Å². The molecule has 0 N–H and O–H groups in total. The molecule has 16 aromatic rings. The lowest BCUT2D eigenvalue weighted by Crippen LogP contribution is -2.09. The number of para-hydroxylation sites is 2. The average Bonchev–Trinajstić information content (AvgIpc) is 4.27. The molecule has 0 bridgehead atoms. The van der Waals surface area contributed by atoms with Crippen molar-refractivity contribution in [2.24, 2.45) is 0 Å². The number of rotatable bonds is 8. The van der Waals surface area contributed by atoms with E-state index in [0.29, 0.717) is 0 Å². The van der Waals surface area contributed by atoms with Crippen LogP contribution < -0.4 is 9.80 Å². The van der Waals surface area contributed by atoms with E-state index in [9.17, 15) is 0 Å². The molecule has 6 heteroatoms. The Bertz CT molecular complexity index is 4630. The first-order chi connectivity index (χ1) is 37.6. The second-order valence-corrected chi connectivity index (χ2v) is 21.8. The molecule has 4 aromatic heterocycles. The Labute approximate surface area is 444 Å². The fraction of sp³-hybridized carbons (Fsp3) is 0. The first-order valence-electron chi connectivity index (χ1n) is 25.6. The van der Waals surface area contributed by atoms with Gasteiger partial charge in [0.15, 0.2) is 0 Å². The normalized spacial score (nSPS) is 11.9. The molecule has 12 aromatic carbocycles. The molecule has 0 fully saturated rings. The Kier molecular flexibility index (Phi) is 9.64. The Morgan fingerprint density at radius 2 is 0.566 bits per heavy atom. The van der Waals surface area contributed by atoms with E-state index >= 15 is 0 Å². The highest BCUT2D eigenvalue weighted by Crippen LogP contribution is 2.47. The summed E-state index contributed by atoms with van der Waals surface area (Å²) in [5.74, 6) is 0. The van der Waals surface area contributed by atoms with Crippen LogP contribution in [0, 0.1) is 0 Å². The minimum Gasteiger partial charge on any atom is -0.456 e. The maximum absolute atomic E-state index is 6.28. The molecule has 0 aliphatic rings. The van der Waals surface area contributed by atoms with Gasteiger partial charge in [-0.3, -0.25) is 0 Å². The summed E-state index contributed by atoms with van der Waals surface area (Å²) in [6.45, 7) is 0. The third kappa shape index (κ3) is 7.03. The van der Waals surface area contributed by atoms with Crippen molar-refractivity contribution in [3.05, 3.63) is 255 Å². The second kappa shape index (κ2) is 17.0. The zero-order chi connectivity index (χ0) is 49.8. The summed E-state index contributed by atoms with van der Waals surface area (Å²) in [7, 11) is 0. The van der Waals surface area contributed by atoms with E-state index in [0.717, 1.165) is 78.0 Å². The van der Waals surface area contributed by atoms with Gasteiger partial charge in [-0.15, -0.1) is 22.7 Å². The van der Waals surface area contributed by atoms with Crippen molar-refractivity contribution in [3.8, 4) is 22.3 Å². The molecule has 0 radical (unpaired) electrons. The van der Waals surface area contributed by atoms with Gasteiger partial charge >= 0.3 is 0 Å². The maximum Gasteiger partial charge on any atom is 0.135 e. The van der Waals surface area contributed by atoms with Gasteiger partial charge in [-0.1, -0.05) is 133 Å². The number of hydrogen-bond acceptors (Lipinski definition) is 6. The first-order valence-corrected chi connectivity index (χ1v) is 27.2. The van der Waals surface area contributed by atoms with Crippen molar-refractivity contribution < 1.29 is 8.83 Å². The van der Waals surface area contributed by atoms with Crippen LogP contribution >= 0.6 is 22.7 Å². The van der Waals surface area contributed by atoms with Crippen LogP contribution in [0.4, 0.5) is 34.1 Å². The van der Waals surface area contributed by atoms with Crippen LogP contribution in [0.2, 0.25) is 0 Å². The number of fused-ring (bicyclic) bond motifs is 13. The number of furan rings is 2. The standard InChI is InChI=1S/C70H42N2O2S2/c1-3-11-43(12-4-1)45-19-23-49(24-20-45)71(51-29-33-65-59(39-51)55-15-7-9-17-63(55)73-65)53-27-31-57-61-35-47-36-62-58-32-28-54(42-70(58)76-68(62)38-48(47)37-67(61)75-69(57)41-53)72(50-25-21-46(22-26-50)44-13-5-2-6-14-44)52-30-34-66-60(40-52)56-16-8-10-18-64(56)74-66/h1-42H. The molecule has 0 unspecified atom stereocenters. The highest BCUT2D eigenvalue weighted by molar-refractivity contribution is 7.26. The molecule has 16 rings (SSSR count). The Morgan fingerprint density at radius 3 is 1.03 bits per heavy atom. The summed E-state index contributed by atoms with van der Waals surface area (Å²) in [5.41, 5.74) is 14.9. The lowest BCUT2D eigenvalue weighted by Gasteiger charge is -2.26. The number of anilines is 6. The van der Waals surface area contributed by atoms with Gasteiger partial charge < -0.3 is 18.6 Å². The average molecular weight is 1010 g/mol. The zero-order valence-electron chi connectivity index (χ0n) is 40.8. The lowest BCUT2D eigenvalue weighted by atomic mass is 10.0. The fourth-order valence-corrected chi connectivity index (χ4v) is 13.9. The second-order valence-electron chi connectivity index (χ2n) is 19.7. The van der Waals surface area contributed by atoms with Gasteiger partial charge in [0, 0.05) is 96.0 Å². The molecule has 0 aliphatic heterocycles. The minimum absolute atomic E-state index is 0.885. The van der Waals surface area contributed by atoms with E-state index in [1.807, 2.05) is 46.9 Å². The summed E-state index contributed by atoms with van der Waals surface area (Å²) in [6, 6.07) is 92.3. The van der Waals surface area contributed by atoms with Gasteiger partial charge in [0.05, 0.1) is 0 Å². The smallest absolute Gasteiger partial charge is 0.135 e. The molecular formula is C70H42N2O2S2.